The third-order valence-electron chi connectivity index (χ3n) is 3.34. The third kappa shape index (κ3) is 5.94. The van der Waals surface area contributed by atoms with Gasteiger partial charge < -0.3 is 10.4 Å². The molecule has 0 bridgehead atoms. The van der Waals surface area contributed by atoms with Gasteiger partial charge in [-0.1, -0.05) is 0 Å². The predicted molar refractivity (Wildman–Crippen MR) is 81.4 cm³/mol. The molecule has 0 fully saturated rings. The maximum absolute atomic E-state index is 12.5. The van der Waals surface area contributed by atoms with E-state index in [9.17, 15) is 18.0 Å². The molecule has 1 aromatic rings. The van der Waals surface area contributed by atoms with Gasteiger partial charge in [0.1, 0.15) is 0 Å². The van der Waals surface area contributed by atoms with E-state index in [2.05, 4.69) is 5.32 Å². The lowest BCUT2D eigenvalue weighted by atomic mass is 10.2. The van der Waals surface area contributed by atoms with Crippen molar-refractivity contribution in [2.75, 3.05) is 31.6 Å². The van der Waals surface area contributed by atoms with Crippen LogP contribution in [0.1, 0.15) is 22.4 Å². The summed E-state index contributed by atoms with van der Waals surface area (Å²) in [5.74, 6) is -0.480. The van der Waals surface area contributed by atoms with Gasteiger partial charge in [0.05, 0.1) is 18.1 Å². The number of aryl methyl sites for hydroxylation is 1. The van der Waals surface area contributed by atoms with Crippen LogP contribution in [-0.4, -0.2) is 48.3 Å². The number of hydrogen-bond acceptors (Lipinski definition) is 4. The molecule has 0 aromatic carbocycles. The summed E-state index contributed by atoms with van der Waals surface area (Å²) < 4.78 is 37.5. The molecule has 0 spiro atoms. The van der Waals surface area contributed by atoms with E-state index in [0.717, 1.165) is 20.9 Å². The molecule has 0 aliphatic rings. The van der Waals surface area contributed by atoms with Crippen molar-refractivity contribution in [3.05, 3.63) is 16.0 Å². The van der Waals surface area contributed by atoms with Gasteiger partial charge in [0.25, 0.3) is 0 Å². The average molecular weight is 338 g/mol. The first-order chi connectivity index (χ1) is 10.1. The minimum atomic E-state index is -4.37. The SMILES string of the molecule is Cc1sc(NC(=O)CN(CCCO)CC(F)(F)F)c(C)c1C. The Hall–Kier alpha value is -1.12. The molecule has 0 saturated carbocycles. The minimum Gasteiger partial charge on any atom is -0.396 e. The summed E-state index contributed by atoms with van der Waals surface area (Å²) in [6.45, 7) is 4.03. The fraction of sp³-hybridized carbons (Fsp3) is 0.643. The quantitative estimate of drug-likeness (QED) is 0.804. The van der Waals surface area contributed by atoms with Crippen LogP contribution in [0, 0.1) is 20.8 Å². The fourth-order valence-corrected chi connectivity index (χ4v) is 3.07. The van der Waals surface area contributed by atoms with Crippen molar-refractivity contribution < 1.29 is 23.1 Å². The molecule has 22 heavy (non-hydrogen) atoms. The maximum Gasteiger partial charge on any atom is 0.401 e. The van der Waals surface area contributed by atoms with Crippen molar-refractivity contribution in [1.82, 2.24) is 4.90 Å². The van der Waals surface area contributed by atoms with Crippen LogP contribution < -0.4 is 5.32 Å². The van der Waals surface area contributed by atoms with Crippen molar-refractivity contribution >= 4 is 22.2 Å². The molecular formula is C14H21F3N2O2S. The van der Waals surface area contributed by atoms with Gasteiger partial charge in [0, 0.05) is 18.0 Å². The first kappa shape index (κ1) is 18.9. The molecule has 0 saturated heterocycles. The number of alkyl halides is 3. The van der Waals surface area contributed by atoms with Crippen LogP contribution in [0.5, 0.6) is 0 Å². The van der Waals surface area contributed by atoms with E-state index in [4.69, 9.17) is 5.11 Å². The van der Waals surface area contributed by atoms with E-state index in [-0.39, 0.29) is 26.1 Å². The average Bonchev–Trinajstić information content (AvgIpc) is 2.62. The first-order valence-electron chi connectivity index (χ1n) is 6.90. The number of halogens is 3. The smallest absolute Gasteiger partial charge is 0.396 e. The zero-order chi connectivity index (χ0) is 16.9. The molecule has 0 unspecified atom stereocenters. The standard InChI is InChI=1S/C14H21F3N2O2S/c1-9-10(2)13(22-11(9)3)18-12(21)7-19(5-4-6-20)8-14(15,16)17/h20H,4-8H2,1-3H3,(H,18,21). The summed E-state index contributed by atoms with van der Waals surface area (Å²) in [6, 6.07) is 0. The number of anilines is 1. The maximum atomic E-state index is 12.5. The summed E-state index contributed by atoms with van der Waals surface area (Å²) in [5.41, 5.74) is 2.02. The minimum absolute atomic E-state index is 0.0188. The second-order valence-corrected chi connectivity index (χ2v) is 6.41. The van der Waals surface area contributed by atoms with Gasteiger partial charge in [-0.05, 0) is 38.3 Å². The number of nitrogens with zero attached hydrogens (tertiary/aromatic N) is 1. The number of hydrogen-bond donors (Lipinski definition) is 2. The number of amides is 1. The van der Waals surface area contributed by atoms with Crippen molar-refractivity contribution in [2.24, 2.45) is 0 Å². The number of carbonyl (C=O) groups is 1. The lowest BCUT2D eigenvalue weighted by Crippen LogP contribution is -2.40. The number of thiophene rings is 1. The Morgan fingerprint density at radius 1 is 1.27 bits per heavy atom. The van der Waals surface area contributed by atoms with Crippen LogP contribution in [0.3, 0.4) is 0 Å². The Labute approximate surface area is 131 Å². The molecule has 2 N–H and O–H groups in total. The van der Waals surface area contributed by atoms with Gasteiger partial charge in [0.15, 0.2) is 0 Å². The van der Waals surface area contributed by atoms with Crippen LogP contribution in [0.2, 0.25) is 0 Å². The fourth-order valence-electron chi connectivity index (χ4n) is 1.99. The highest BCUT2D eigenvalue weighted by Crippen LogP contribution is 2.31. The van der Waals surface area contributed by atoms with Crippen LogP contribution in [0.15, 0.2) is 0 Å². The second kappa shape index (κ2) is 7.94. The van der Waals surface area contributed by atoms with E-state index >= 15 is 0 Å². The van der Waals surface area contributed by atoms with E-state index < -0.39 is 18.6 Å². The molecule has 1 aromatic heterocycles. The lowest BCUT2D eigenvalue weighted by molar-refractivity contribution is -0.148. The van der Waals surface area contributed by atoms with E-state index in [1.807, 2.05) is 20.8 Å². The Bertz CT molecular complexity index is 515. The van der Waals surface area contributed by atoms with Gasteiger partial charge in [-0.25, -0.2) is 0 Å². The topological polar surface area (TPSA) is 52.6 Å². The molecule has 1 rings (SSSR count). The Kier molecular flexibility index (Phi) is 6.83. The van der Waals surface area contributed by atoms with Crippen LogP contribution in [-0.2, 0) is 4.79 Å². The zero-order valence-electron chi connectivity index (χ0n) is 12.9. The second-order valence-electron chi connectivity index (χ2n) is 5.19. The molecule has 1 amide bonds. The molecule has 0 atom stereocenters. The van der Waals surface area contributed by atoms with E-state index in [1.54, 1.807) is 0 Å². The van der Waals surface area contributed by atoms with E-state index in [0.29, 0.717) is 5.00 Å². The van der Waals surface area contributed by atoms with Crippen LogP contribution in [0.4, 0.5) is 18.2 Å². The Morgan fingerprint density at radius 3 is 2.36 bits per heavy atom. The molecule has 126 valence electrons. The van der Waals surface area contributed by atoms with Crippen molar-refractivity contribution in [3.63, 3.8) is 0 Å². The molecule has 0 aliphatic carbocycles. The predicted octanol–water partition coefficient (Wildman–Crippen LogP) is 2.86. The highest BCUT2D eigenvalue weighted by atomic mass is 32.1. The number of carbonyl (C=O) groups excluding carboxylic acids is 1. The summed E-state index contributed by atoms with van der Waals surface area (Å²) in [5, 5.41) is 12.1. The third-order valence-corrected chi connectivity index (χ3v) is 4.57. The van der Waals surface area contributed by atoms with Crippen LogP contribution >= 0.6 is 11.3 Å². The molecule has 8 heteroatoms. The molecule has 0 aliphatic heterocycles. The van der Waals surface area contributed by atoms with Gasteiger partial charge >= 0.3 is 6.18 Å². The number of aliphatic hydroxyl groups excluding tert-OH is 1. The lowest BCUT2D eigenvalue weighted by Gasteiger charge is -2.22. The van der Waals surface area contributed by atoms with Crippen molar-refractivity contribution in [3.8, 4) is 0 Å². The number of rotatable bonds is 7. The van der Waals surface area contributed by atoms with Crippen molar-refractivity contribution in [1.29, 1.82) is 0 Å². The summed E-state index contributed by atoms with van der Waals surface area (Å²) in [7, 11) is 0. The normalized spacial score (nSPS) is 12.0. The number of aliphatic hydroxyl groups is 1. The summed E-state index contributed by atoms with van der Waals surface area (Å²) >= 11 is 1.41. The summed E-state index contributed by atoms with van der Waals surface area (Å²) in [4.78, 5) is 14.0. The van der Waals surface area contributed by atoms with Gasteiger partial charge in [0.2, 0.25) is 5.91 Å². The van der Waals surface area contributed by atoms with Gasteiger partial charge in [-0.3, -0.25) is 9.69 Å². The largest absolute Gasteiger partial charge is 0.401 e. The zero-order valence-corrected chi connectivity index (χ0v) is 13.7. The molecular weight excluding hydrogens is 317 g/mol. The molecule has 0 radical (unpaired) electrons. The molecule has 1 heterocycles. The Morgan fingerprint density at radius 2 is 1.91 bits per heavy atom. The monoisotopic (exact) mass is 338 g/mol. The van der Waals surface area contributed by atoms with Crippen molar-refractivity contribution in [2.45, 2.75) is 33.4 Å². The van der Waals surface area contributed by atoms with Crippen LogP contribution in [0.25, 0.3) is 0 Å². The Balaban J connectivity index is 2.67. The highest BCUT2D eigenvalue weighted by Gasteiger charge is 2.31. The van der Waals surface area contributed by atoms with E-state index in [1.165, 1.54) is 11.3 Å². The number of nitrogens with one attached hydrogen (secondary N) is 1. The summed E-state index contributed by atoms with van der Waals surface area (Å²) in [6.07, 6.45) is -4.18. The van der Waals surface area contributed by atoms with Gasteiger partial charge in [-0.2, -0.15) is 13.2 Å². The highest BCUT2D eigenvalue weighted by molar-refractivity contribution is 7.16. The molecule has 4 nitrogen and oxygen atoms in total. The first-order valence-corrected chi connectivity index (χ1v) is 7.72. The van der Waals surface area contributed by atoms with Gasteiger partial charge in [-0.15, -0.1) is 11.3 Å².